The lowest BCUT2D eigenvalue weighted by Gasteiger charge is -2.16. The average molecular weight is 255 g/mol. The second-order valence-corrected chi connectivity index (χ2v) is 6.05. The van der Waals surface area contributed by atoms with Crippen molar-refractivity contribution in [2.24, 2.45) is 23.5 Å². The zero-order valence-electron chi connectivity index (χ0n) is 11.7. The van der Waals surface area contributed by atoms with Gasteiger partial charge in [0.25, 0.3) is 0 Å². The van der Waals surface area contributed by atoms with E-state index in [9.17, 15) is 4.79 Å². The summed E-state index contributed by atoms with van der Waals surface area (Å²) in [4.78, 5) is 10.9. The molecule has 0 aromatic carbocycles. The van der Waals surface area contributed by atoms with Crippen LogP contribution in [0.5, 0.6) is 0 Å². The number of hydrogen-bond acceptors (Lipinski definition) is 2. The Morgan fingerprint density at radius 2 is 2.00 bits per heavy atom. The first kappa shape index (κ1) is 15.5. The third kappa shape index (κ3) is 5.85. The summed E-state index contributed by atoms with van der Waals surface area (Å²) in [5, 5.41) is 8.96. The molecular weight excluding hydrogens is 226 g/mol. The number of unbranched alkanes of at least 4 members (excludes halogenated alkanes) is 1. The second kappa shape index (κ2) is 8.52. The molecule has 0 aromatic rings. The fourth-order valence-electron chi connectivity index (χ4n) is 3.13. The number of hydrogen-bond donors (Lipinski definition) is 2. The van der Waals surface area contributed by atoms with E-state index in [0.717, 1.165) is 18.8 Å². The Bertz CT molecular complexity index is 237. The van der Waals surface area contributed by atoms with Crippen LogP contribution in [0.25, 0.3) is 0 Å². The molecule has 0 radical (unpaired) electrons. The highest BCUT2D eigenvalue weighted by Crippen LogP contribution is 2.29. The van der Waals surface area contributed by atoms with Crippen molar-refractivity contribution in [2.45, 2.75) is 64.7 Å². The summed E-state index contributed by atoms with van der Waals surface area (Å²) < 4.78 is 0. The third-order valence-electron chi connectivity index (χ3n) is 4.35. The molecule has 0 saturated heterocycles. The molecule has 1 fully saturated rings. The number of aliphatic carboxylic acids is 1. The third-order valence-corrected chi connectivity index (χ3v) is 4.35. The van der Waals surface area contributed by atoms with Gasteiger partial charge in [-0.15, -0.1) is 0 Å². The van der Waals surface area contributed by atoms with Gasteiger partial charge in [0.1, 0.15) is 0 Å². The van der Waals surface area contributed by atoms with Crippen LogP contribution in [0.3, 0.4) is 0 Å². The van der Waals surface area contributed by atoms with Crippen molar-refractivity contribution in [3.63, 3.8) is 0 Å². The lowest BCUT2D eigenvalue weighted by Crippen LogP contribution is -2.25. The van der Waals surface area contributed by atoms with Crippen molar-refractivity contribution < 1.29 is 9.90 Å². The fourth-order valence-corrected chi connectivity index (χ4v) is 3.13. The molecule has 0 aromatic heterocycles. The van der Waals surface area contributed by atoms with E-state index in [1.165, 1.54) is 44.9 Å². The van der Waals surface area contributed by atoms with Crippen LogP contribution in [0, 0.1) is 17.8 Å². The first-order valence-corrected chi connectivity index (χ1v) is 7.56. The van der Waals surface area contributed by atoms with E-state index >= 15 is 0 Å². The molecule has 0 heterocycles. The Morgan fingerprint density at radius 1 is 1.33 bits per heavy atom. The van der Waals surface area contributed by atoms with Gasteiger partial charge in [0.2, 0.25) is 0 Å². The number of carboxylic acids is 1. The maximum absolute atomic E-state index is 10.9. The van der Waals surface area contributed by atoms with E-state index in [0.29, 0.717) is 5.92 Å². The molecule has 1 saturated carbocycles. The Labute approximate surface area is 111 Å². The van der Waals surface area contributed by atoms with E-state index in [4.69, 9.17) is 10.8 Å². The summed E-state index contributed by atoms with van der Waals surface area (Å²) in [5.41, 5.74) is 5.48. The molecule has 0 amide bonds. The molecule has 3 nitrogen and oxygen atoms in total. The monoisotopic (exact) mass is 255 g/mol. The summed E-state index contributed by atoms with van der Waals surface area (Å²) in [6.07, 6.45) is 11.5. The Morgan fingerprint density at radius 3 is 2.56 bits per heavy atom. The minimum Gasteiger partial charge on any atom is -0.481 e. The van der Waals surface area contributed by atoms with Crippen molar-refractivity contribution in [3.8, 4) is 0 Å². The van der Waals surface area contributed by atoms with Gasteiger partial charge in [-0.3, -0.25) is 4.79 Å². The maximum Gasteiger partial charge on any atom is 0.307 e. The highest BCUT2D eigenvalue weighted by Gasteiger charge is 2.19. The zero-order valence-corrected chi connectivity index (χ0v) is 11.7. The fraction of sp³-hybridized carbons (Fsp3) is 0.933. The van der Waals surface area contributed by atoms with Gasteiger partial charge in [-0.05, 0) is 18.3 Å². The summed E-state index contributed by atoms with van der Waals surface area (Å²) in [6, 6.07) is 0. The normalized spacial score (nSPS) is 19.9. The molecule has 18 heavy (non-hydrogen) atoms. The topological polar surface area (TPSA) is 63.3 Å². The Kier molecular flexibility index (Phi) is 7.33. The predicted molar refractivity (Wildman–Crippen MR) is 74.4 cm³/mol. The Hall–Kier alpha value is -0.570. The van der Waals surface area contributed by atoms with Crippen LogP contribution in [0.2, 0.25) is 0 Å². The smallest absolute Gasteiger partial charge is 0.307 e. The molecule has 3 N–H and O–H groups in total. The van der Waals surface area contributed by atoms with Gasteiger partial charge >= 0.3 is 5.97 Å². The van der Waals surface area contributed by atoms with E-state index in [2.05, 4.69) is 6.92 Å². The number of carbonyl (C=O) groups is 1. The quantitative estimate of drug-likeness (QED) is 0.620. The molecule has 0 unspecified atom stereocenters. The Balaban J connectivity index is 2.05. The lowest BCUT2D eigenvalue weighted by molar-refractivity contribution is -0.141. The highest BCUT2D eigenvalue weighted by molar-refractivity contribution is 5.70. The molecule has 1 rings (SSSR count). The standard InChI is InChI=1S/C15H29NO2/c1-12(10-14(11-16)15(17)18)6-2-3-7-13-8-4-5-9-13/h12-14H,2-11,16H2,1H3,(H,17,18)/t12-,14+/m0/s1. The predicted octanol–water partition coefficient (Wildman–Crippen LogP) is 3.42. The molecule has 1 aliphatic carbocycles. The average Bonchev–Trinajstić information content (AvgIpc) is 2.84. The number of nitrogens with two attached hydrogens (primary N) is 1. The van der Waals surface area contributed by atoms with Crippen LogP contribution < -0.4 is 5.73 Å². The number of rotatable bonds is 9. The summed E-state index contributed by atoms with van der Waals surface area (Å²) in [7, 11) is 0. The van der Waals surface area contributed by atoms with E-state index in [-0.39, 0.29) is 12.5 Å². The summed E-state index contributed by atoms with van der Waals surface area (Å²) >= 11 is 0. The largest absolute Gasteiger partial charge is 0.481 e. The van der Waals surface area contributed by atoms with Gasteiger partial charge in [-0.25, -0.2) is 0 Å². The molecular formula is C15H29NO2. The van der Waals surface area contributed by atoms with Gasteiger partial charge in [0, 0.05) is 6.54 Å². The summed E-state index contributed by atoms with van der Waals surface area (Å²) in [5.74, 6) is 0.375. The van der Waals surface area contributed by atoms with Crippen LogP contribution in [0.15, 0.2) is 0 Å². The van der Waals surface area contributed by atoms with Gasteiger partial charge < -0.3 is 10.8 Å². The molecule has 106 valence electrons. The van der Waals surface area contributed by atoms with Crippen LogP contribution in [0.1, 0.15) is 64.7 Å². The van der Waals surface area contributed by atoms with Crippen LogP contribution >= 0.6 is 0 Å². The minimum absolute atomic E-state index is 0.266. The van der Waals surface area contributed by atoms with Crippen molar-refractivity contribution in [1.29, 1.82) is 0 Å². The molecule has 0 bridgehead atoms. The van der Waals surface area contributed by atoms with Crippen molar-refractivity contribution in [2.75, 3.05) is 6.54 Å². The molecule has 1 aliphatic rings. The second-order valence-electron chi connectivity index (χ2n) is 6.05. The molecule has 3 heteroatoms. The number of carboxylic acid groups (broad SMARTS) is 1. The van der Waals surface area contributed by atoms with Crippen molar-refractivity contribution in [1.82, 2.24) is 0 Å². The first-order valence-electron chi connectivity index (χ1n) is 7.56. The van der Waals surface area contributed by atoms with Gasteiger partial charge in [0.05, 0.1) is 5.92 Å². The van der Waals surface area contributed by atoms with E-state index in [1.807, 2.05) is 0 Å². The SMILES string of the molecule is C[C@@H](CCCCC1CCCC1)C[C@H](CN)C(=O)O. The lowest BCUT2D eigenvalue weighted by atomic mass is 9.90. The highest BCUT2D eigenvalue weighted by atomic mass is 16.4. The minimum atomic E-state index is -0.740. The van der Waals surface area contributed by atoms with Crippen LogP contribution in [-0.2, 0) is 4.79 Å². The van der Waals surface area contributed by atoms with Crippen molar-refractivity contribution >= 4 is 5.97 Å². The van der Waals surface area contributed by atoms with Crippen LogP contribution in [0.4, 0.5) is 0 Å². The summed E-state index contributed by atoms with van der Waals surface area (Å²) in [6.45, 7) is 2.42. The van der Waals surface area contributed by atoms with Gasteiger partial charge in [-0.2, -0.15) is 0 Å². The van der Waals surface area contributed by atoms with E-state index < -0.39 is 5.97 Å². The molecule has 0 aliphatic heterocycles. The van der Waals surface area contributed by atoms with Crippen molar-refractivity contribution in [3.05, 3.63) is 0 Å². The van der Waals surface area contributed by atoms with E-state index in [1.54, 1.807) is 0 Å². The maximum atomic E-state index is 10.9. The zero-order chi connectivity index (χ0) is 13.4. The van der Waals surface area contributed by atoms with Gasteiger partial charge in [-0.1, -0.05) is 58.3 Å². The molecule has 0 spiro atoms. The molecule has 2 atom stereocenters. The van der Waals surface area contributed by atoms with Crippen LogP contribution in [-0.4, -0.2) is 17.6 Å². The van der Waals surface area contributed by atoms with Gasteiger partial charge in [0.15, 0.2) is 0 Å². The first-order chi connectivity index (χ1) is 8.63.